The molecule has 7 nitrogen and oxygen atoms in total. The van der Waals surface area contributed by atoms with Gasteiger partial charge in [0.1, 0.15) is 12.1 Å². The molecule has 0 unspecified atom stereocenters. The van der Waals surface area contributed by atoms with Crippen molar-refractivity contribution >= 4 is 17.7 Å². The van der Waals surface area contributed by atoms with E-state index in [1.54, 1.807) is 0 Å². The van der Waals surface area contributed by atoms with Gasteiger partial charge in [-0.05, 0) is 0 Å². The second-order valence-corrected chi connectivity index (χ2v) is 3.53. The monoisotopic (exact) mass is 226 g/mol. The first-order valence-electron chi connectivity index (χ1n) is 3.93. The molecule has 2 N–H and O–H groups in total. The zero-order valence-electron chi connectivity index (χ0n) is 7.38. The number of carbonyl (C=O) groups is 1. The number of aromatic nitrogens is 4. The highest BCUT2D eigenvalue weighted by atomic mass is 32.2. The second-order valence-electron chi connectivity index (χ2n) is 2.56. The number of aromatic amines is 1. The van der Waals surface area contributed by atoms with Crippen molar-refractivity contribution in [2.45, 2.75) is 10.9 Å². The third kappa shape index (κ3) is 2.34. The molecule has 78 valence electrons. The number of carboxylic acid groups (broad SMARTS) is 1. The van der Waals surface area contributed by atoms with Gasteiger partial charge >= 0.3 is 5.97 Å². The predicted molar refractivity (Wildman–Crippen MR) is 49.4 cm³/mol. The van der Waals surface area contributed by atoms with Gasteiger partial charge in [-0.15, -0.1) is 0 Å². The summed E-state index contributed by atoms with van der Waals surface area (Å²) in [6.07, 6.45) is 1.39. The Hall–Kier alpha value is -1.83. The minimum atomic E-state index is -1.10. The van der Waals surface area contributed by atoms with Gasteiger partial charge in [0.15, 0.2) is 10.9 Å². The summed E-state index contributed by atoms with van der Waals surface area (Å²) in [5, 5.41) is 18.9. The number of hydrogen-bond donors (Lipinski definition) is 2. The molecule has 2 aromatic rings. The summed E-state index contributed by atoms with van der Waals surface area (Å²) in [5.74, 6) is -0.168. The van der Waals surface area contributed by atoms with Crippen LogP contribution < -0.4 is 0 Å². The maximum Gasteiger partial charge on any atom is 0.358 e. The molecule has 2 rings (SSSR count). The molecule has 0 aliphatic carbocycles. The first-order valence-corrected chi connectivity index (χ1v) is 4.91. The van der Waals surface area contributed by atoms with Crippen LogP contribution in [0, 0.1) is 0 Å². The quantitative estimate of drug-likeness (QED) is 0.742. The highest BCUT2D eigenvalue weighted by molar-refractivity contribution is 7.98. The fourth-order valence-electron chi connectivity index (χ4n) is 0.885. The lowest BCUT2D eigenvalue weighted by molar-refractivity contribution is 0.0685. The molecule has 0 bridgehead atoms. The normalized spacial score (nSPS) is 10.4. The van der Waals surface area contributed by atoms with Crippen LogP contribution >= 0.6 is 11.8 Å². The Morgan fingerprint density at radius 2 is 2.53 bits per heavy atom. The Morgan fingerprint density at radius 1 is 1.67 bits per heavy atom. The molecule has 0 amide bonds. The average Bonchev–Trinajstić information content (AvgIpc) is 2.86. The van der Waals surface area contributed by atoms with E-state index in [1.165, 1.54) is 24.2 Å². The lowest BCUT2D eigenvalue weighted by Gasteiger charge is -1.90. The summed E-state index contributed by atoms with van der Waals surface area (Å²) in [6.45, 7) is 0. The van der Waals surface area contributed by atoms with Gasteiger partial charge in [0.2, 0.25) is 0 Å². The minimum absolute atomic E-state index is 0.0943. The number of H-pyrrole nitrogens is 1. The Balaban J connectivity index is 1.96. The lowest BCUT2D eigenvalue weighted by atomic mass is 10.4. The average molecular weight is 226 g/mol. The largest absolute Gasteiger partial charge is 0.476 e. The number of rotatable bonds is 4. The zero-order valence-corrected chi connectivity index (χ0v) is 8.19. The maximum atomic E-state index is 10.5. The third-order valence-electron chi connectivity index (χ3n) is 1.52. The van der Waals surface area contributed by atoms with Crippen molar-refractivity contribution in [3.05, 3.63) is 23.8 Å². The Morgan fingerprint density at radius 3 is 3.13 bits per heavy atom. The Labute approximate surface area is 87.9 Å². The first kappa shape index (κ1) is 9.71. The van der Waals surface area contributed by atoms with Crippen molar-refractivity contribution < 1.29 is 14.4 Å². The molecule has 15 heavy (non-hydrogen) atoms. The third-order valence-corrected chi connectivity index (χ3v) is 2.42. The van der Waals surface area contributed by atoms with Gasteiger partial charge in [-0.3, -0.25) is 5.10 Å². The van der Waals surface area contributed by atoms with Crippen molar-refractivity contribution in [2.75, 3.05) is 0 Å². The van der Waals surface area contributed by atoms with Crippen LogP contribution in [0.2, 0.25) is 0 Å². The smallest absolute Gasteiger partial charge is 0.358 e. The van der Waals surface area contributed by atoms with Crippen molar-refractivity contribution in [3.8, 4) is 0 Å². The van der Waals surface area contributed by atoms with Gasteiger partial charge in [0, 0.05) is 6.07 Å². The fourth-order valence-corrected chi connectivity index (χ4v) is 1.54. The van der Waals surface area contributed by atoms with E-state index in [4.69, 9.17) is 9.63 Å². The van der Waals surface area contributed by atoms with Crippen LogP contribution in [-0.2, 0) is 5.75 Å². The number of thioether (sulfide) groups is 1. The number of nitrogens with zero attached hydrogens (tertiary/aromatic N) is 3. The Bertz CT molecular complexity index is 453. The van der Waals surface area contributed by atoms with Gasteiger partial charge in [-0.25, -0.2) is 9.78 Å². The molecule has 0 saturated carbocycles. The SMILES string of the molecule is O=C(O)c1cc(CSc2ncn[nH]2)on1. The molecule has 0 fully saturated rings. The lowest BCUT2D eigenvalue weighted by Crippen LogP contribution is -1.94. The van der Waals surface area contributed by atoms with Gasteiger partial charge in [-0.1, -0.05) is 16.9 Å². The molecule has 0 atom stereocenters. The molecule has 2 heterocycles. The van der Waals surface area contributed by atoms with E-state index in [0.717, 1.165) is 0 Å². The molecule has 0 spiro atoms. The molecular weight excluding hydrogens is 220 g/mol. The fraction of sp³-hybridized carbons (Fsp3) is 0.143. The molecule has 8 heteroatoms. The van der Waals surface area contributed by atoms with Crippen LogP contribution in [0.15, 0.2) is 22.1 Å². The molecule has 2 aromatic heterocycles. The summed E-state index contributed by atoms with van der Waals surface area (Å²) in [6, 6.07) is 1.38. The van der Waals surface area contributed by atoms with Crippen LogP contribution in [0.5, 0.6) is 0 Å². The van der Waals surface area contributed by atoms with Crippen LogP contribution in [0.3, 0.4) is 0 Å². The molecule has 0 aliphatic heterocycles. The van der Waals surface area contributed by atoms with Gasteiger partial charge in [-0.2, -0.15) is 5.10 Å². The van der Waals surface area contributed by atoms with Crippen molar-refractivity contribution in [2.24, 2.45) is 0 Å². The minimum Gasteiger partial charge on any atom is -0.476 e. The number of aromatic carboxylic acids is 1. The molecular formula is C7H6N4O3S. The standard InChI is InChI=1S/C7H6N4O3S/c12-6(13)5-1-4(14-11-5)2-15-7-8-3-9-10-7/h1,3H,2H2,(H,12,13)(H,8,9,10). The van der Waals surface area contributed by atoms with E-state index in [-0.39, 0.29) is 5.69 Å². The van der Waals surface area contributed by atoms with Crippen LogP contribution in [0.25, 0.3) is 0 Å². The topological polar surface area (TPSA) is 105 Å². The van der Waals surface area contributed by atoms with E-state index < -0.39 is 5.97 Å². The van der Waals surface area contributed by atoms with E-state index in [2.05, 4.69) is 20.3 Å². The molecule has 0 aliphatic rings. The van der Waals surface area contributed by atoms with Crippen LogP contribution in [-0.4, -0.2) is 31.4 Å². The maximum absolute atomic E-state index is 10.5. The predicted octanol–water partition coefficient (Wildman–Crippen LogP) is 0.783. The molecule has 0 radical (unpaired) electrons. The van der Waals surface area contributed by atoms with Crippen molar-refractivity contribution in [3.63, 3.8) is 0 Å². The Kier molecular flexibility index (Phi) is 2.68. The summed E-state index contributed by atoms with van der Waals surface area (Å²) in [7, 11) is 0. The number of carboxylic acids is 1. The first-order chi connectivity index (χ1) is 7.25. The second kappa shape index (κ2) is 4.13. The van der Waals surface area contributed by atoms with Gasteiger partial charge in [0.05, 0.1) is 5.75 Å². The van der Waals surface area contributed by atoms with E-state index in [9.17, 15) is 4.79 Å². The van der Waals surface area contributed by atoms with E-state index in [1.807, 2.05) is 0 Å². The van der Waals surface area contributed by atoms with Crippen LogP contribution in [0.1, 0.15) is 16.2 Å². The van der Waals surface area contributed by atoms with Crippen molar-refractivity contribution in [1.29, 1.82) is 0 Å². The van der Waals surface area contributed by atoms with Crippen LogP contribution in [0.4, 0.5) is 0 Å². The summed E-state index contributed by atoms with van der Waals surface area (Å²) in [4.78, 5) is 14.4. The van der Waals surface area contributed by atoms with Crippen molar-refractivity contribution in [1.82, 2.24) is 20.3 Å². The highest BCUT2D eigenvalue weighted by Gasteiger charge is 2.11. The molecule has 0 saturated heterocycles. The summed E-state index contributed by atoms with van der Waals surface area (Å²) in [5.41, 5.74) is -0.0943. The molecule has 0 aromatic carbocycles. The summed E-state index contributed by atoms with van der Waals surface area (Å²) >= 11 is 1.35. The number of hydrogen-bond acceptors (Lipinski definition) is 6. The number of nitrogens with one attached hydrogen (secondary N) is 1. The summed E-state index contributed by atoms with van der Waals surface area (Å²) < 4.78 is 4.81. The van der Waals surface area contributed by atoms with E-state index in [0.29, 0.717) is 16.7 Å². The van der Waals surface area contributed by atoms with Gasteiger partial charge in [0.25, 0.3) is 0 Å². The van der Waals surface area contributed by atoms with E-state index >= 15 is 0 Å². The van der Waals surface area contributed by atoms with Gasteiger partial charge < -0.3 is 9.63 Å². The zero-order chi connectivity index (χ0) is 10.7. The highest BCUT2D eigenvalue weighted by Crippen LogP contribution is 2.18.